The second-order valence-corrected chi connectivity index (χ2v) is 3.87. The number of anilines is 1. The van der Waals surface area contributed by atoms with Crippen LogP contribution in [0.5, 0.6) is 0 Å². The van der Waals surface area contributed by atoms with E-state index in [0.29, 0.717) is 17.9 Å². The Labute approximate surface area is 108 Å². The molecule has 0 aliphatic carbocycles. The Hall–Kier alpha value is -2.12. The molecular weight excluding hydrogens is 256 g/mol. The van der Waals surface area contributed by atoms with E-state index in [-0.39, 0.29) is 10.9 Å². The van der Waals surface area contributed by atoms with Crippen LogP contribution in [0.4, 0.5) is 5.82 Å². The number of nitrogen functional groups attached to an aromatic ring is 1. The molecule has 0 aliphatic rings. The van der Waals surface area contributed by atoms with Crippen molar-refractivity contribution in [2.45, 2.75) is 6.54 Å². The number of hydrazine groups is 1. The fraction of sp³-hybridized carbons (Fsp3) is 0.100. The third-order valence-corrected chi connectivity index (χ3v) is 2.52. The molecule has 7 nitrogen and oxygen atoms in total. The molecule has 0 radical (unpaired) electrons. The summed E-state index contributed by atoms with van der Waals surface area (Å²) in [7, 11) is 0. The van der Waals surface area contributed by atoms with Crippen LogP contribution >= 0.6 is 11.6 Å². The van der Waals surface area contributed by atoms with Crippen LogP contribution in [0.3, 0.4) is 0 Å². The van der Waals surface area contributed by atoms with Gasteiger partial charge in [-0.1, -0.05) is 11.6 Å². The molecule has 5 N–H and O–H groups in total. The molecule has 0 atom stereocenters. The lowest BCUT2D eigenvalue weighted by molar-refractivity contribution is 0.0950. The Balaban J connectivity index is 2.02. The number of aromatic amines is 1. The van der Waals surface area contributed by atoms with Crippen molar-refractivity contribution in [3.05, 3.63) is 41.1 Å². The molecule has 0 fully saturated rings. The number of carbonyl (C=O) groups excluding carboxylic acids is 1. The molecule has 0 saturated heterocycles. The highest BCUT2D eigenvalue weighted by molar-refractivity contribution is 6.33. The Kier molecular flexibility index (Phi) is 3.75. The average Bonchev–Trinajstić information content (AvgIpc) is 2.89. The van der Waals surface area contributed by atoms with Crippen LogP contribution in [-0.2, 0) is 6.54 Å². The van der Waals surface area contributed by atoms with E-state index in [2.05, 4.69) is 25.7 Å². The van der Waals surface area contributed by atoms with Crippen LogP contribution in [0.2, 0.25) is 5.02 Å². The number of carbonyl (C=O) groups is 1. The maximum atomic E-state index is 11.8. The van der Waals surface area contributed by atoms with Gasteiger partial charge in [-0.2, -0.15) is 0 Å². The van der Waals surface area contributed by atoms with Crippen LogP contribution in [0.25, 0.3) is 0 Å². The molecule has 2 rings (SSSR count). The number of nitrogens with one attached hydrogen (secondary N) is 3. The van der Waals surface area contributed by atoms with E-state index in [4.69, 9.17) is 17.4 Å². The van der Waals surface area contributed by atoms with E-state index in [1.807, 2.05) is 0 Å². The van der Waals surface area contributed by atoms with E-state index in [1.165, 1.54) is 12.3 Å². The third kappa shape index (κ3) is 2.76. The SMILES string of the molecule is NNc1ncc(C(=O)NCc2cnc[nH]2)cc1Cl. The topological polar surface area (TPSA) is 109 Å². The lowest BCUT2D eigenvalue weighted by Crippen LogP contribution is -2.23. The van der Waals surface area contributed by atoms with Crippen molar-refractivity contribution in [3.63, 3.8) is 0 Å². The summed E-state index contributed by atoms with van der Waals surface area (Å²) < 4.78 is 0. The molecule has 8 heteroatoms. The summed E-state index contributed by atoms with van der Waals surface area (Å²) in [5.41, 5.74) is 3.50. The minimum absolute atomic E-state index is 0.275. The molecule has 0 aliphatic heterocycles. The summed E-state index contributed by atoms with van der Waals surface area (Å²) in [5, 5.41) is 2.99. The number of nitrogens with two attached hydrogens (primary N) is 1. The van der Waals surface area contributed by atoms with Gasteiger partial charge in [0, 0.05) is 12.4 Å². The van der Waals surface area contributed by atoms with Gasteiger partial charge in [0.1, 0.15) is 0 Å². The first kappa shape index (κ1) is 12.3. The molecule has 0 spiro atoms. The van der Waals surface area contributed by atoms with Crippen molar-refractivity contribution in [3.8, 4) is 0 Å². The van der Waals surface area contributed by atoms with E-state index in [1.54, 1.807) is 12.5 Å². The normalized spacial score (nSPS) is 10.1. The number of hydrogen-bond acceptors (Lipinski definition) is 5. The molecule has 2 aromatic heterocycles. The van der Waals surface area contributed by atoms with Gasteiger partial charge in [-0.3, -0.25) is 4.79 Å². The maximum Gasteiger partial charge on any atom is 0.253 e. The second kappa shape index (κ2) is 5.48. The summed E-state index contributed by atoms with van der Waals surface area (Å²) >= 11 is 5.87. The molecule has 0 bridgehead atoms. The monoisotopic (exact) mass is 266 g/mol. The molecule has 18 heavy (non-hydrogen) atoms. The van der Waals surface area contributed by atoms with Gasteiger partial charge in [-0.25, -0.2) is 15.8 Å². The van der Waals surface area contributed by atoms with Crippen LogP contribution in [0.15, 0.2) is 24.8 Å². The summed E-state index contributed by atoms with van der Waals surface area (Å²) in [5.74, 6) is 5.24. The fourth-order valence-corrected chi connectivity index (χ4v) is 1.55. The predicted molar refractivity (Wildman–Crippen MR) is 66.8 cm³/mol. The van der Waals surface area contributed by atoms with Gasteiger partial charge in [0.25, 0.3) is 5.91 Å². The number of nitrogens with zero attached hydrogens (tertiary/aromatic N) is 2. The Bertz CT molecular complexity index is 541. The highest BCUT2D eigenvalue weighted by Gasteiger charge is 2.09. The first-order valence-electron chi connectivity index (χ1n) is 5.08. The molecular formula is C10H11ClN6O. The van der Waals surface area contributed by atoms with Crippen LogP contribution in [-0.4, -0.2) is 20.9 Å². The van der Waals surface area contributed by atoms with Crippen molar-refractivity contribution in [2.24, 2.45) is 5.84 Å². The first-order chi connectivity index (χ1) is 8.70. The van der Waals surface area contributed by atoms with Crippen LogP contribution in [0, 0.1) is 0 Å². The van der Waals surface area contributed by atoms with E-state index >= 15 is 0 Å². The lowest BCUT2D eigenvalue weighted by atomic mass is 10.2. The minimum Gasteiger partial charge on any atom is -0.347 e. The number of H-pyrrole nitrogens is 1. The van der Waals surface area contributed by atoms with Crippen molar-refractivity contribution in [1.82, 2.24) is 20.3 Å². The molecule has 0 saturated carbocycles. The zero-order valence-electron chi connectivity index (χ0n) is 9.27. The summed E-state index contributed by atoms with van der Waals surface area (Å²) in [6, 6.07) is 1.49. The van der Waals surface area contributed by atoms with Gasteiger partial charge >= 0.3 is 0 Å². The number of pyridine rings is 1. The van der Waals surface area contributed by atoms with E-state index in [0.717, 1.165) is 5.69 Å². The van der Waals surface area contributed by atoms with Gasteiger partial charge in [0.05, 0.1) is 29.2 Å². The number of imidazole rings is 1. The van der Waals surface area contributed by atoms with Crippen molar-refractivity contribution < 1.29 is 4.79 Å². The average molecular weight is 267 g/mol. The Morgan fingerprint density at radius 3 is 2.94 bits per heavy atom. The first-order valence-corrected chi connectivity index (χ1v) is 5.46. The highest BCUT2D eigenvalue weighted by Crippen LogP contribution is 2.18. The summed E-state index contributed by atoms with van der Waals surface area (Å²) in [6.07, 6.45) is 4.57. The van der Waals surface area contributed by atoms with Gasteiger partial charge in [-0.15, -0.1) is 0 Å². The van der Waals surface area contributed by atoms with Crippen molar-refractivity contribution in [1.29, 1.82) is 0 Å². The van der Waals surface area contributed by atoms with Crippen LogP contribution in [0.1, 0.15) is 16.1 Å². The number of halogens is 1. The second-order valence-electron chi connectivity index (χ2n) is 3.46. The smallest absolute Gasteiger partial charge is 0.253 e. The van der Waals surface area contributed by atoms with E-state index in [9.17, 15) is 4.79 Å². The highest BCUT2D eigenvalue weighted by atomic mass is 35.5. The zero-order chi connectivity index (χ0) is 13.0. The predicted octanol–water partition coefficient (Wildman–Crippen LogP) is 0.674. The summed E-state index contributed by atoms with van der Waals surface area (Å²) in [6.45, 7) is 0.355. The fourth-order valence-electron chi connectivity index (χ4n) is 1.33. The largest absolute Gasteiger partial charge is 0.347 e. The number of amides is 1. The quantitative estimate of drug-likeness (QED) is 0.480. The van der Waals surface area contributed by atoms with Gasteiger partial charge < -0.3 is 15.7 Å². The zero-order valence-corrected chi connectivity index (χ0v) is 10.0. The molecule has 1 amide bonds. The molecule has 0 aromatic carbocycles. The maximum absolute atomic E-state index is 11.8. The van der Waals surface area contributed by atoms with Crippen molar-refractivity contribution in [2.75, 3.05) is 5.43 Å². The standard InChI is InChI=1S/C10H11ClN6O/c11-8-1-6(2-14-9(8)17-12)10(18)15-4-7-3-13-5-16-7/h1-3,5H,4,12H2,(H,13,16)(H,14,17)(H,15,18). The number of hydrogen-bond donors (Lipinski definition) is 4. The molecule has 2 heterocycles. The lowest BCUT2D eigenvalue weighted by Gasteiger charge is -2.06. The van der Waals surface area contributed by atoms with Gasteiger partial charge in [0.15, 0.2) is 5.82 Å². The Morgan fingerprint density at radius 2 is 2.33 bits per heavy atom. The van der Waals surface area contributed by atoms with Crippen molar-refractivity contribution >= 4 is 23.3 Å². The Morgan fingerprint density at radius 1 is 1.50 bits per heavy atom. The van der Waals surface area contributed by atoms with Gasteiger partial charge in [-0.05, 0) is 6.07 Å². The number of rotatable bonds is 4. The third-order valence-electron chi connectivity index (χ3n) is 2.23. The van der Waals surface area contributed by atoms with Crippen LogP contribution < -0.4 is 16.6 Å². The molecule has 94 valence electrons. The molecule has 0 unspecified atom stereocenters. The summed E-state index contributed by atoms with van der Waals surface area (Å²) in [4.78, 5) is 22.4. The van der Waals surface area contributed by atoms with E-state index < -0.39 is 0 Å². The number of aromatic nitrogens is 3. The molecule has 2 aromatic rings. The minimum atomic E-state index is -0.275. The van der Waals surface area contributed by atoms with Gasteiger partial charge in [0.2, 0.25) is 0 Å².